The number of carbonyl (C=O) groups is 2. The molecule has 152 valence electrons. The van der Waals surface area contributed by atoms with Gasteiger partial charge < -0.3 is 15.0 Å². The summed E-state index contributed by atoms with van der Waals surface area (Å²) in [5.41, 5.74) is 3.31. The lowest BCUT2D eigenvalue weighted by Gasteiger charge is -2.11. The molecule has 0 atom stereocenters. The van der Waals surface area contributed by atoms with Gasteiger partial charge in [-0.05, 0) is 55.0 Å². The predicted molar refractivity (Wildman–Crippen MR) is 110 cm³/mol. The van der Waals surface area contributed by atoms with Gasteiger partial charge in [-0.1, -0.05) is 26.0 Å². The van der Waals surface area contributed by atoms with Gasteiger partial charge in [-0.15, -0.1) is 0 Å². The Labute approximate surface area is 169 Å². The van der Waals surface area contributed by atoms with E-state index >= 15 is 0 Å². The van der Waals surface area contributed by atoms with Gasteiger partial charge in [0.25, 0.3) is 11.5 Å². The summed E-state index contributed by atoms with van der Waals surface area (Å²) in [6.07, 6.45) is 0.342. The van der Waals surface area contributed by atoms with E-state index in [-0.39, 0.29) is 18.6 Å². The first kappa shape index (κ1) is 21.9. The number of pyridine rings is 1. The third-order valence-electron chi connectivity index (χ3n) is 4.72. The molecule has 1 heterocycles. The van der Waals surface area contributed by atoms with Gasteiger partial charge in [0.1, 0.15) is 11.6 Å². The minimum atomic E-state index is -0.529. The van der Waals surface area contributed by atoms with Gasteiger partial charge in [0, 0.05) is 17.8 Å². The van der Waals surface area contributed by atoms with Crippen molar-refractivity contribution in [2.45, 2.75) is 46.5 Å². The second kappa shape index (κ2) is 9.69. The van der Waals surface area contributed by atoms with Crippen LogP contribution in [-0.4, -0.2) is 23.5 Å². The van der Waals surface area contributed by atoms with Gasteiger partial charge in [0.15, 0.2) is 6.61 Å². The van der Waals surface area contributed by atoms with Crippen LogP contribution in [0.25, 0.3) is 0 Å². The van der Waals surface area contributed by atoms with Crippen LogP contribution >= 0.6 is 0 Å². The molecule has 2 rings (SSSR count). The summed E-state index contributed by atoms with van der Waals surface area (Å²) in [7, 11) is 0. The number of hydrogen-bond acceptors (Lipinski definition) is 5. The van der Waals surface area contributed by atoms with E-state index in [9.17, 15) is 14.4 Å². The van der Waals surface area contributed by atoms with Crippen LogP contribution in [-0.2, 0) is 20.7 Å². The molecule has 7 nitrogen and oxygen atoms in total. The number of amides is 1. The Bertz CT molecular complexity index is 998. The first-order valence-electron chi connectivity index (χ1n) is 9.40. The van der Waals surface area contributed by atoms with Gasteiger partial charge in [-0.2, -0.15) is 5.26 Å². The average molecular weight is 395 g/mol. The van der Waals surface area contributed by atoms with E-state index in [1.807, 2.05) is 30.3 Å². The first-order valence-corrected chi connectivity index (χ1v) is 9.40. The summed E-state index contributed by atoms with van der Waals surface area (Å²) >= 11 is 0. The Kier molecular flexibility index (Phi) is 7.32. The predicted octanol–water partition coefficient (Wildman–Crippen LogP) is 3.10. The lowest BCUT2D eigenvalue weighted by Crippen LogP contribution is -2.21. The van der Waals surface area contributed by atoms with Crippen molar-refractivity contribution in [2.75, 3.05) is 11.9 Å². The van der Waals surface area contributed by atoms with Gasteiger partial charge in [-0.25, -0.2) is 0 Å². The van der Waals surface area contributed by atoms with Crippen LogP contribution in [0, 0.1) is 25.2 Å². The van der Waals surface area contributed by atoms with Crippen molar-refractivity contribution in [1.29, 1.82) is 5.26 Å². The summed E-state index contributed by atoms with van der Waals surface area (Å²) in [5.74, 6) is -0.544. The Morgan fingerprint density at radius 3 is 2.45 bits per heavy atom. The minimum absolute atomic E-state index is 0.0367. The molecular weight excluding hydrogens is 370 g/mol. The van der Waals surface area contributed by atoms with Crippen LogP contribution in [0.3, 0.4) is 0 Å². The quantitative estimate of drug-likeness (QED) is 0.700. The number of ether oxygens (including phenoxy) is 1. The summed E-state index contributed by atoms with van der Waals surface area (Å²) in [6.45, 7) is 7.19. The molecule has 0 aliphatic rings. The number of nitrogens with one attached hydrogen (secondary N) is 2. The molecule has 0 spiro atoms. The van der Waals surface area contributed by atoms with Crippen LogP contribution in [0.2, 0.25) is 0 Å². The van der Waals surface area contributed by atoms with Crippen molar-refractivity contribution < 1.29 is 14.3 Å². The van der Waals surface area contributed by atoms with Gasteiger partial charge in [0.2, 0.25) is 0 Å². The maximum atomic E-state index is 12.0. The monoisotopic (exact) mass is 395 g/mol. The Hall–Kier alpha value is -3.40. The third kappa shape index (κ3) is 5.79. The molecule has 0 aliphatic carbocycles. The zero-order valence-corrected chi connectivity index (χ0v) is 17.1. The molecule has 0 radical (unpaired) electrons. The van der Waals surface area contributed by atoms with E-state index in [4.69, 9.17) is 10.00 Å². The molecule has 29 heavy (non-hydrogen) atoms. The second-order valence-electron chi connectivity index (χ2n) is 7.16. The standard InChI is InChI=1S/C22H25N3O4/c1-13(2)16-5-7-17(8-6-16)25-20(26)12-29-21(27)10-9-18-14(3)19(11-23)22(28)24-15(18)4/h5-8,13H,9-10,12H2,1-4H3,(H,24,28)(H,25,26). The molecule has 1 amide bonds. The summed E-state index contributed by atoms with van der Waals surface area (Å²) in [6, 6.07) is 9.38. The first-order chi connectivity index (χ1) is 13.7. The normalized spacial score (nSPS) is 10.5. The summed E-state index contributed by atoms with van der Waals surface area (Å²) < 4.78 is 5.03. The van der Waals surface area contributed by atoms with Crippen molar-refractivity contribution in [1.82, 2.24) is 4.98 Å². The number of rotatable bonds is 7. The van der Waals surface area contributed by atoms with Crippen molar-refractivity contribution in [3.05, 3.63) is 62.6 Å². The molecule has 0 unspecified atom stereocenters. The molecular formula is C22H25N3O4. The number of esters is 1. The molecule has 7 heteroatoms. The largest absolute Gasteiger partial charge is 0.456 e. The number of aryl methyl sites for hydroxylation is 1. The zero-order chi connectivity index (χ0) is 21.6. The zero-order valence-electron chi connectivity index (χ0n) is 17.1. The van der Waals surface area contributed by atoms with Crippen molar-refractivity contribution in [3.8, 4) is 6.07 Å². The second-order valence-corrected chi connectivity index (χ2v) is 7.16. The van der Waals surface area contributed by atoms with Gasteiger partial charge in [-0.3, -0.25) is 14.4 Å². The van der Waals surface area contributed by atoms with Crippen LogP contribution < -0.4 is 10.9 Å². The Balaban J connectivity index is 1.87. The smallest absolute Gasteiger partial charge is 0.306 e. The molecule has 1 aromatic carbocycles. The van der Waals surface area contributed by atoms with E-state index in [1.54, 1.807) is 13.8 Å². The molecule has 0 fully saturated rings. The highest BCUT2D eigenvalue weighted by atomic mass is 16.5. The van der Waals surface area contributed by atoms with E-state index < -0.39 is 17.4 Å². The topological polar surface area (TPSA) is 112 Å². The van der Waals surface area contributed by atoms with Crippen LogP contribution in [0.5, 0.6) is 0 Å². The molecule has 1 aromatic heterocycles. The highest BCUT2D eigenvalue weighted by Gasteiger charge is 2.14. The lowest BCUT2D eigenvalue weighted by molar-refractivity contribution is -0.147. The highest BCUT2D eigenvalue weighted by molar-refractivity contribution is 5.92. The molecule has 0 aliphatic heterocycles. The number of nitrogens with zero attached hydrogens (tertiary/aromatic N) is 1. The maximum absolute atomic E-state index is 12.0. The number of hydrogen-bond donors (Lipinski definition) is 2. The lowest BCUT2D eigenvalue weighted by atomic mass is 9.99. The number of H-pyrrole nitrogens is 1. The number of aromatic amines is 1. The van der Waals surface area contributed by atoms with E-state index in [1.165, 1.54) is 5.56 Å². The number of benzene rings is 1. The van der Waals surface area contributed by atoms with Crippen LogP contribution in [0.4, 0.5) is 5.69 Å². The molecule has 2 aromatic rings. The number of anilines is 1. The van der Waals surface area contributed by atoms with Crippen molar-refractivity contribution in [2.24, 2.45) is 0 Å². The van der Waals surface area contributed by atoms with E-state index in [0.29, 0.717) is 29.3 Å². The SMILES string of the molecule is Cc1[nH]c(=O)c(C#N)c(C)c1CCC(=O)OCC(=O)Nc1ccc(C(C)C)cc1. The average Bonchev–Trinajstić information content (AvgIpc) is 2.66. The molecule has 0 saturated carbocycles. The minimum Gasteiger partial charge on any atom is -0.456 e. The number of carbonyl (C=O) groups excluding carboxylic acids is 2. The number of nitriles is 1. The Morgan fingerprint density at radius 1 is 1.21 bits per heavy atom. The third-order valence-corrected chi connectivity index (χ3v) is 4.72. The molecule has 0 bridgehead atoms. The summed E-state index contributed by atoms with van der Waals surface area (Å²) in [4.78, 5) is 38.3. The van der Waals surface area contributed by atoms with Gasteiger partial charge >= 0.3 is 5.97 Å². The molecule has 2 N–H and O–H groups in total. The van der Waals surface area contributed by atoms with Crippen LogP contribution in [0.1, 0.15) is 54.1 Å². The van der Waals surface area contributed by atoms with Crippen molar-refractivity contribution in [3.63, 3.8) is 0 Å². The number of aromatic nitrogens is 1. The maximum Gasteiger partial charge on any atom is 0.306 e. The van der Waals surface area contributed by atoms with E-state index in [0.717, 1.165) is 5.56 Å². The van der Waals surface area contributed by atoms with E-state index in [2.05, 4.69) is 24.1 Å². The van der Waals surface area contributed by atoms with Gasteiger partial charge in [0.05, 0.1) is 0 Å². The Morgan fingerprint density at radius 2 is 1.86 bits per heavy atom. The summed E-state index contributed by atoms with van der Waals surface area (Å²) in [5, 5.41) is 11.8. The van der Waals surface area contributed by atoms with Crippen LogP contribution in [0.15, 0.2) is 29.1 Å². The van der Waals surface area contributed by atoms with Crippen molar-refractivity contribution >= 4 is 17.6 Å². The highest BCUT2D eigenvalue weighted by Crippen LogP contribution is 2.17. The molecule has 0 saturated heterocycles. The fourth-order valence-corrected chi connectivity index (χ4v) is 3.01. The fraction of sp³-hybridized carbons (Fsp3) is 0.364. The fourth-order valence-electron chi connectivity index (χ4n) is 3.01.